The first kappa shape index (κ1) is 22.8. The van der Waals surface area contributed by atoms with Gasteiger partial charge in [0.05, 0.1) is 36.3 Å². The number of pyridine rings is 1. The predicted molar refractivity (Wildman–Crippen MR) is 134 cm³/mol. The van der Waals surface area contributed by atoms with Gasteiger partial charge in [0.1, 0.15) is 11.6 Å². The van der Waals surface area contributed by atoms with Gasteiger partial charge in [0.2, 0.25) is 5.91 Å². The third kappa shape index (κ3) is 4.95. The maximum absolute atomic E-state index is 14.0. The van der Waals surface area contributed by atoms with Crippen molar-refractivity contribution in [3.63, 3.8) is 0 Å². The van der Waals surface area contributed by atoms with Crippen molar-refractivity contribution in [2.75, 3.05) is 11.9 Å². The second-order valence-corrected chi connectivity index (χ2v) is 8.63. The predicted octanol–water partition coefficient (Wildman–Crippen LogP) is 4.66. The molecule has 178 valence electrons. The summed E-state index contributed by atoms with van der Waals surface area (Å²) in [5, 5.41) is 6.58. The summed E-state index contributed by atoms with van der Waals surface area (Å²) in [6.45, 7) is 0.918. The van der Waals surface area contributed by atoms with Crippen molar-refractivity contribution in [2.45, 2.75) is 25.0 Å². The maximum Gasteiger partial charge on any atom is 0.226 e. The van der Waals surface area contributed by atoms with E-state index in [1.165, 1.54) is 12.1 Å². The van der Waals surface area contributed by atoms with Crippen LogP contribution in [0.2, 0.25) is 0 Å². The average molecular weight is 490 g/mol. The van der Waals surface area contributed by atoms with Crippen LogP contribution in [0.5, 0.6) is 0 Å². The van der Waals surface area contributed by atoms with Gasteiger partial charge in [-0.25, -0.2) is 4.39 Å². The van der Waals surface area contributed by atoms with E-state index in [-0.39, 0.29) is 30.1 Å². The lowest BCUT2D eigenvalue weighted by molar-refractivity contribution is -0.116. The van der Waals surface area contributed by atoms with Gasteiger partial charge < -0.3 is 24.5 Å². The molecule has 9 heteroatoms. The molecule has 0 spiro atoms. The highest BCUT2D eigenvalue weighted by atomic mass is 32.1. The van der Waals surface area contributed by atoms with Crippen molar-refractivity contribution >= 4 is 28.9 Å². The molecular weight excluding hydrogens is 465 g/mol. The fourth-order valence-electron chi connectivity index (χ4n) is 4.38. The van der Waals surface area contributed by atoms with E-state index in [0.29, 0.717) is 18.2 Å². The van der Waals surface area contributed by atoms with Crippen LogP contribution >= 0.6 is 12.2 Å². The van der Waals surface area contributed by atoms with Gasteiger partial charge in [-0.3, -0.25) is 9.78 Å². The molecule has 4 aromatic rings. The molecule has 7 nitrogen and oxygen atoms in total. The van der Waals surface area contributed by atoms with Gasteiger partial charge in [-0.2, -0.15) is 0 Å². The van der Waals surface area contributed by atoms with E-state index in [9.17, 15) is 9.18 Å². The Balaban J connectivity index is 1.40. The Hall–Kier alpha value is -3.98. The van der Waals surface area contributed by atoms with Crippen LogP contribution in [0.3, 0.4) is 0 Å². The average Bonchev–Trinajstić information content (AvgIpc) is 3.61. The lowest BCUT2D eigenvalue weighted by atomic mass is 10.0. The number of carbonyl (C=O) groups is 1. The Morgan fingerprint density at radius 2 is 1.97 bits per heavy atom. The van der Waals surface area contributed by atoms with Crippen LogP contribution in [0.15, 0.2) is 89.8 Å². The van der Waals surface area contributed by atoms with Crippen molar-refractivity contribution in [3.05, 3.63) is 108 Å². The molecule has 0 aliphatic carbocycles. The number of hydrogen-bond acceptors (Lipinski definition) is 4. The molecule has 3 aromatic heterocycles. The highest BCUT2D eigenvalue weighted by molar-refractivity contribution is 7.80. The van der Waals surface area contributed by atoms with Gasteiger partial charge in [-0.1, -0.05) is 18.2 Å². The number of para-hydroxylation sites is 1. The van der Waals surface area contributed by atoms with Crippen LogP contribution in [0, 0.1) is 5.82 Å². The first-order valence-corrected chi connectivity index (χ1v) is 11.7. The Morgan fingerprint density at radius 1 is 1.11 bits per heavy atom. The van der Waals surface area contributed by atoms with Gasteiger partial charge in [0.25, 0.3) is 0 Å². The van der Waals surface area contributed by atoms with E-state index in [2.05, 4.69) is 20.2 Å². The molecule has 0 saturated carbocycles. The Morgan fingerprint density at radius 3 is 2.74 bits per heavy atom. The first-order valence-electron chi connectivity index (χ1n) is 11.3. The zero-order chi connectivity index (χ0) is 24.2. The highest BCUT2D eigenvalue weighted by Crippen LogP contribution is 2.39. The summed E-state index contributed by atoms with van der Waals surface area (Å²) in [5.41, 5.74) is 2.03. The molecule has 1 aliphatic rings. The summed E-state index contributed by atoms with van der Waals surface area (Å²) in [7, 11) is 0. The summed E-state index contributed by atoms with van der Waals surface area (Å²) in [5.74, 6) is 0.0770. The van der Waals surface area contributed by atoms with Crippen molar-refractivity contribution in [2.24, 2.45) is 0 Å². The number of benzene rings is 1. The summed E-state index contributed by atoms with van der Waals surface area (Å²) in [6.07, 6.45) is 5.55. The Bertz CT molecular complexity index is 1310. The van der Waals surface area contributed by atoms with Gasteiger partial charge in [0, 0.05) is 31.1 Å². The fraction of sp³-hybridized carbons (Fsp3) is 0.192. The lowest BCUT2D eigenvalue weighted by Crippen LogP contribution is -2.33. The third-order valence-electron chi connectivity index (χ3n) is 6.00. The molecule has 2 atom stereocenters. The molecule has 1 aromatic carbocycles. The molecule has 35 heavy (non-hydrogen) atoms. The Labute approximate surface area is 207 Å². The van der Waals surface area contributed by atoms with Gasteiger partial charge in [0.15, 0.2) is 5.11 Å². The number of thiocarbonyl (C=S) groups is 1. The van der Waals surface area contributed by atoms with Crippen LogP contribution in [0.1, 0.15) is 35.7 Å². The molecule has 0 radical (unpaired) electrons. The number of anilines is 1. The topological polar surface area (TPSA) is 75.3 Å². The summed E-state index contributed by atoms with van der Waals surface area (Å²) in [6, 6.07) is 19.3. The third-order valence-corrected chi connectivity index (χ3v) is 6.35. The van der Waals surface area contributed by atoms with Crippen LogP contribution in [0.4, 0.5) is 10.1 Å². The normalized spacial score (nSPS) is 17.4. The SMILES string of the molecule is O=C(CCN1C(=S)N[C@@H](c2ccccn2)[C@@H]1c1cccn1Cc1ccco1)Nc1ccccc1F. The van der Waals surface area contributed by atoms with Crippen molar-refractivity contribution in [3.8, 4) is 0 Å². The standard InChI is InChI=1S/C26H24FN5O2S/c27-19-8-1-2-9-20(19)29-23(33)12-15-32-25(24(30-26(32)35)21-10-3-4-13-28-21)22-11-5-14-31(22)17-18-7-6-16-34-18/h1-11,13-14,16,24-25H,12,15,17H2,(H,29,33)(H,30,35)/t24-,25-/m0/s1. The minimum atomic E-state index is -0.469. The number of halogens is 1. The largest absolute Gasteiger partial charge is 0.467 e. The number of aromatic nitrogens is 2. The maximum atomic E-state index is 14.0. The molecule has 0 unspecified atom stereocenters. The monoisotopic (exact) mass is 489 g/mol. The van der Waals surface area contributed by atoms with Crippen LogP contribution < -0.4 is 10.6 Å². The van der Waals surface area contributed by atoms with E-state index < -0.39 is 5.82 Å². The summed E-state index contributed by atoms with van der Waals surface area (Å²) in [4.78, 5) is 19.2. The van der Waals surface area contributed by atoms with E-state index in [1.54, 1.807) is 24.6 Å². The molecule has 1 aliphatic heterocycles. The van der Waals surface area contributed by atoms with Gasteiger partial charge in [-0.05, 0) is 60.7 Å². The second kappa shape index (κ2) is 10.1. The molecule has 0 bridgehead atoms. The van der Waals surface area contributed by atoms with E-state index in [1.807, 2.05) is 53.6 Å². The molecule has 1 amide bonds. The minimum Gasteiger partial charge on any atom is -0.467 e. The quantitative estimate of drug-likeness (QED) is 0.351. The zero-order valence-corrected chi connectivity index (χ0v) is 19.6. The number of rotatable bonds is 8. The highest BCUT2D eigenvalue weighted by Gasteiger charge is 2.41. The van der Waals surface area contributed by atoms with Crippen LogP contribution in [0.25, 0.3) is 0 Å². The van der Waals surface area contributed by atoms with E-state index >= 15 is 0 Å². The lowest BCUT2D eigenvalue weighted by Gasteiger charge is -2.28. The zero-order valence-electron chi connectivity index (χ0n) is 18.8. The van der Waals surface area contributed by atoms with Crippen molar-refractivity contribution < 1.29 is 13.6 Å². The van der Waals surface area contributed by atoms with Crippen LogP contribution in [-0.2, 0) is 11.3 Å². The minimum absolute atomic E-state index is 0.139. The summed E-state index contributed by atoms with van der Waals surface area (Å²) < 4.78 is 21.6. The molecule has 4 heterocycles. The molecule has 1 saturated heterocycles. The number of furan rings is 1. The first-order chi connectivity index (χ1) is 17.1. The molecule has 5 rings (SSSR count). The van der Waals surface area contributed by atoms with Gasteiger partial charge >= 0.3 is 0 Å². The summed E-state index contributed by atoms with van der Waals surface area (Å²) >= 11 is 5.70. The van der Waals surface area contributed by atoms with Gasteiger partial charge in [-0.15, -0.1) is 0 Å². The van der Waals surface area contributed by atoms with E-state index in [0.717, 1.165) is 17.1 Å². The smallest absolute Gasteiger partial charge is 0.226 e. The fourth-order valence-corrected chi connectivity index (χ4v) is 4.71. The number of nitrogens with zero attached hydrogens (tertiary/aromatic N) is 3. The number of amides is 1. The molecular formula is C26H24FN5O2S. The number of carbonyl (C=O) groups excluding carboxylic acids is 1. The number of hydrogen-bond donors (Lipinski definition) is 2. The molecule has 1 fully saturated rings. The Kier molecular flexibility index (Phi) is 6.58. The van der Waals surface area contributed by atoms with Crippen molar-refractivity contribution in [1.29, 1.82) is 0 Å². The number of nitrogens with one attached hydrogen (secondary N) is 2. The van der Waals surface area contributed by atoms with Crippen molar-refractivity contribution in [1.82, 2.24) is 19.8 Å². The van der Waals surface area contributed by atoms with Crippen LogP contribution in [-0.4, -0.2) is 32.0 Å². The second-order valence-electron chi connectivity index (χ2n) is 8.24. The van der Waals surface area contributed by atoms with E-state index in [4.69, 9.17) is 16.6 Å². The molecule has 2 N–H and O–H groups in total.